The van der Waals surface area contributed by atoms with E-state index in [1.54, 1.807) is 0 Å². The molecule has 5 nitrogen and oxygen atoms in total. The summed E-state index contributed by atoms with van der Waals surface area (Å²) < 4.78 is 2.18. The van der Waals surface area contributed by atoms with E-state index in [0.717, 1.165) is 45.4 Å². The van der Waals surface area contributed by atoms with Crippen LogP contribution in [0.5, 0.6) is 0 Å². The van der Waals surface area contributed by atoms with Crippen LogP contribution in [-0.2, 0) is 18.4 Å². The van der Waals surface area contributed by atoms with Crippen LogP contribution >= 0.6 is 0 Å². The van der Waals surface area contributed by atoms with E-state index in [1.807, 2.05) is 0 Å². The van der Waals surface area contributed by atoms with Gasteiger partial charge in [0.2, 0.25) is 5.91 Å². The Morgan fingerprint density at radius 3 is 2.54 bits per heavy atom. The monoisotopic (exact) mass is 380 g/mol. The molecular weight excluding hydrogens is 348 g/mol. The predicted molar refractivity (Wildman–Crippen MR) is 112 cm³/mol. The average Bonchev–Trinajstić information content (AvgIpc) is 3.32. The smallest absolute Gasteiger partial charge is 0.234 e. The van der Waals surface area contributed by atoms with Crippen LogP contribution in [0.25, 0.3) is 0 Å². The highest BCUT2D eigenvalue weighted by atomic mass is 16.2. The number of nitrogens with one attached hydrogen (secondary N) is 1. The molecular formula is C23H32N4O. The summed E-state index contributed by atoms with van der Waals surface area (Å²) in [4.78, 5) is 17.5. The molecule has 2 aliphatic rings. The van der Waals surface area contributed by atoms with E-state index in [9.17, 15) is 4.79 Å². The first-order chi connectivity index (χ1) is 13.7. The van der Waals surface area contributed by atoms with Gasteiger partial charge >= 0.3 is 0 Å². The second kappa shape index (κ2) is 8.93. The summed E-state index contributed by atoms with van der Waals surface area (Å²) in [7, 11) is 2.09. The van der Waals surface area contributed by atoms with Gasteiger partial charge in [-0.15, -0.1) is 0 Å². The van der Waals surface area contributed by atoms with Crippen molar-refractivity contribution in [3.05, 3.63) is 59.9 Å². The van der Waals surface area contributed by atoms with Crippen LogP contribution < -0.4 is 5.32 Å². The SMILES string of the molecule is Cn1cccc1[C@@H]1CCCN1CC(=O)NC1CCN(Cc2ccccc2)CC1. The van der Waals surface area contributed by atoms with Gasteiger partial charge in [-0.25, -0.2) is 0 Å². The van der Waals surface area contributed by atoms with E-state index in [2.05, 4.69) is 75.4 Å². The lowest BCUT2D eigenvalue weighted by Gasteiger charge is -2.33. The van der Waals surface area contributed by atoms with Crippen LogP contribution in [0.3, 0.4) is 0 Å². The predicted octanol–water partition coefficient (Wildman–Crippen LogP) is 2.94. The summed E-state index contributed by atoms with van der Waals surface area (Å²) in [6, 6.07) is 15.6. The van der Waals surface area contributed by atoms with Gasteiger partial charge in [-0.3, -0.25) is 14.6 Å². The van der Waals surface area contributed by atoms with E-state index < -0.39 is 0 Å². The zero-order valence-electron chi connectivity index (χ0n) is 16.9. The molecule has 0 unspecified atom stereocenters. The van der Waals surface area contributed by atoms with Crippen molar-refractivity contribution in [2.75, 3.05) is 26.2 Å². The number of carbonyl (C=O) groups is 1. The number of likely N-dealkylation sites (tertiary alicyclic amines) is 2. The summed E-state index contributed by atoms with van der Waals surface area (Å²) in [6.45, 7) is 4.64. The number of hydrogen-bond acceptors (Lipinski definition) is 3. The number of rotatable bonds is 6. The normalized spacial score (nSPS) is 21.8. The van der Waals surface area contributed by atoms with E-state index in [4.69, 9.17) is 0 Å². The number of amides is 1. The minimum absolute atomic E-state index is 0.183. The van der Waals surface area contributed by atoms with E-state index in [-0.39, 0.29) is 5.91 Å². The maximum absolute atomic E-state index is 12.7. The molecule has 2 saturated heterocycles. The highest BCUT2D eigenvalue weighted by Gasteiger charge is 2.30. The molecule has 0 radical (unpaired) electrons. The molecule has 0 aliphatic carbocycles. The van der Waals surface area contributed by atoms with Gasteiger partial charge in [0.25, 0.3) is 0 Å². The van der Waals surface area contributed by atoms with Gasteiger partial charge in [0.1, 0.15) is 0 Å². The van der Waals surface area contributed by atoms with Gasteiger partial charge < -0.3 is 9.88 Å². The number of aromatic nitrogens is 1. The first kappa shape index (κ1) is 19.2. The first-order valence-electron chi connectivity index (χ1n) is 10.6. The van der Waals surface area contributed by atoms with Crippen LogP contribution in [0.1, 0.15) is 43.0 Å². The second-order valence-corrected chi connectivity index (χ2v) is 8.28. The Morgan fingerprint density at radius 2 is 1.82 bits per heavy atom. The second-order valence-electron chi connectivity index (χ2n) is 8.28. The fraction of sp³-hybridized carbons (Fsp3) is 0.522. The van der Waals surface area contributed by atoms with Gasteiger partial charge in [0.15, 0.2) is 0 Å². The first-order valence-corrected chi connectivity index (χ1v) is 10.6. The van der Waals surface area contributed by atoms with Crippen molar-refractivity contribution < 1.29 is 4.79 Å². The molecule has 1 aromatic carbocycles. The number of carbonyl (C=O) groups excluding carboxylic acids is 1. The number of aryl methyl sites for hydroxylation is 1. The maximum Gasteiger partial charge on any atom is 0.234 e. The fourth-order valence-corrected chi connectivity index (χ4v) is 4.71. The Morgan fingerprint density at radius 1 is 1.04 bits per heavy atom. The molecule has 0 saturated carbocycles. The van der Waals surface area contributed by atoms with Crippen LogP contribution in [0.15, 0.2) is 48.7 Å². The van der Waals surface area contributed by atoms with Crippen LogP contribution in [-0.4, -0.2) is 52.5 Å². The van der Waals surface area contributed by atoms with Crippen molar-refractivity contribution in [3.63, 3.8) is 0 Å². The maximum atomic E-state index is 12.7. The molecule has 1 atom stereocenters. The molecule has 5 heteroatoms. The fourth-order valence-electron chi connectivity index (χ4n) is 4.71. The number of benzene rings is 1. The highest BCUT2D eigenvalue weighted by molar-refractivity contribution is 5.78. The van der Waals surface area contributed by atoms with Crippen molar-refractivity contribution >= 4 is 5.91 Å². The molecule has 1 amide bonds. The van der Waals surface area contributed by atoms with Gasteiger partial charge in [-0.2, -0.15) is 0 Å². The summed E-state index contributed by atoms with van der Waals surface area (Å²) in [6.07, 6.45) is 6.48. The van der Waals surface area contributed by atoms with Crippen molar-refractivity contribution in [2.45, 2.75) is 44.3 Å². The zero-order chi connectivity index (χ0) is 19.3. The standard InChI is InChI=1S/C23H32N4O/c1-25-13-5-9-21(25)22-10-6-14-27(22)18-23(28)24-20-11-15-26(16-12-20)17-19-7-3-2-4-8-19/h2-5,7-9,13,20,22H,6,10-12,14-18H2,1H3,(H,24,28)/t22-/m0/s1. The quantitative estimate of drug-likeness (QED) is 0.838. The lowest BCUT2D eigenvalue weighted by molar-refractivity contribution is -0.123. The lowest BCUT2D eigenvalue weighted by Crippen LogP contribution is -2.47. The Balaban J connectivity index is 1.23. The largest absolute Gasteiger partial charge is 0.353 e. The summed E-state index contributed by atoms with van der Waals surface area (Å²) in [5, 5.41) is 3.30. The third-order valence-electron chi connectivity index (χ3n) is 6.24. The van der Waals surface area contributed by atoms with Gasteiger partial charge in [-0.1, -0.05) is 30.3 Å². The minimum atomic E-state index is 0.183. The number of hydrogen-bond donors (Lipinski definition) is 1. The molecule has 2 fully saturated rings. The topological polar surface area (TPSA) is 40.5 Å². The summed E-state index contributed by atoms with van der Waals surface area (Å²) in [5.74, 6) is 0.183. The van der Waals surface area contributed by atoms with Crippen molar-refractivity contribution in [1.82, 2.24) is 19.7 Å². The van der Waals surface area contributed by atoms with E-state index in [1.165, 1.54) is 17.7 Å². The third-order valence-corrected chi connectivity index (χ3v) is 6.24. The molecule has 2 aliphatic heterocycles. The van der Waals surface area contributed by atoms with E-state index in [0.29, 0.717) is 18.6 Å². The molecule has 1 N–H and O–H groups in total. The van der Waals surface area contributed by atoms with Crippen LogP contribution in [0.2, 0.25) is 0 Å². The molecule has 1 aromatic heterocycles. The van der Waals surface area contributed by atoms with Crippen molar-refractivity contribution in [2.24, 2.45) is 7.05 Å². The van der Waals surface area contributed by atoms with Gasteiger partial charge in [0, 0.05) is 44.6 Å². The number of piperidine rings is 1. The molecule has 0 bridgehead atoms. The number of nitrogens with zero attached hydrogens (tertiary/aromatic N) is 3. The van der Waals surface area contributed by atoms with Gasteiger partial charge in [0.05, 0.1) is 12.6 Å². The van der Waals surface area contributed by atoms with Gasteiger partial charge in [-0.05, 0) is 49.9 Å². The zero-order valence-corrected chi connectivity index (χ0v) is 16.9. The average molecular weight is 381 g/mol. The minimum Gasteiger partial charge on any atom is -0.353 e. The van der Waals surface area contributed by atoms with Crippen molar-refractivity contribution in [3.8, 4) is 0 Å². The third kappa shape index (κ3) is 4.65. The molecule has 150 valence electrons. The molecule has 0 spiro atoms. The summed E-state index contributed by atoms with van der Waals surface area (Å²) >= 11 is 0. The molecule has 2 aromatic rings. The Bertz CT molecular complexity index is 764. The van der Waals surface area contributed by atoms with Crippen molar-refractivity contribution in [1.29, 1.82) is 0 Å². The lowest BCUT2D eigenvalue weighted by atomic mass is 10.0. The molecule has 28 heavy (non-hydrogen) atoms. The molecule has 4 rings (SSSR count). The van der Waals surface area contributed by atoms with Crippen LogP contribution in [0, 0.1) is 0 Å². The molecule has 3 heterocycles. The summed E-state index contributed by atoms with van der Waals surface area (Å²) in [5.41, 5.74) is 2.69. The Hall–Kier alpha value is -2.11. The Labute approximate surface area is 168 Å². The van der Waals surface area contributed by atoms with Crippen LogP contribution in [0.4, 0.5) is 0 Å². The van der Waals surface area contributed by atoms with E-state index >= 15 is 0 Å². The Kier molecular flexibility index (Phi) is 6.13. The highest BCUT2D eigenvalue weighted by Crippen LogP contribution is 2.31.